The van der Waals surface area contributed by atoms with Gasteiger partial charge in [0.25, 0.3) is 0 Å². The minimum Gasteiger partial charge on any atom is -0.292 e. The van der Waals surface area contributed by atoms with Crippen molar-refractivity contribution >= 4 is 27.4 Å². The van der Waals surface area contributed by atoms with Crippen molar-refractivity contribution < 1.29 is 22.0 Å². The molecule has 0 saturated carbocycles. The monoisotopic (exact) mass is 421 g/mol. The first-order valence-electron chi connectivity index (χ1n) is 8.12. The number of ketones is 1. The first kappa shape index (κ1) is 20.1. The average Bonchev–Trinajstić information content (AvgIpc) is 2.71. The van der Waals surface area contributed by atoms with Gasteiger partial charge in [-0.25, -0.2) is 21.9 Å². The highest BCUT2D eigenvalue weighted by molar-refractivity contribution is 7.89. The van der Waals surface area contributed by atoms with Gasteiger partial charge >= 0.3 is 0 Å². The molecular weight excluding hydrogens is 408 g/mol. The zero-order chi connectivity index (χ0) is 20.3. The predicted octanol–water partition coefficient (Wildman–Crippen LogP) is 4.45. The topological polar surface area (TPSA) is 63.2 Å². The van der Waals surface area contributed by atoms with Crippen molar-refractivity contribution in [3.8, 4) is 11.1 Å². The number of carbonyl (C=O) groups excluding carboxylic acids is 1. The Bertz CT molecular complexity index is 1120. The molecule has 0 amide bonds. The summed E-state index contributed by atoms with van der Waals surface area (Å²) < 4.78 is 55.8. The molecule has 0 aliphatic carbocycles. The van der Waals surface area contributed by atoms with Gasteiger partial charge in [0.05, 0.1) is 22.0 Å². The van der Waals surface area contributed by atoms with Crippen LogP contribution >= 0.6 is 11.6 Å². The quantitative estimate of drug-likeness (QED) is 0.472. The molecule has 3 rings (SSSR count). The lowest BCUT2D eigenvalue weighted by molar-refractivity contribution is 0.0989. The van der Waals surface area contributed by atoms with Crippen LogP contribution in [0.3, 0.4) is 0 Å². The summed E-state index contributed by atoms with van der Waals surface area (Å²) in [6, 6.07) is 16.6. The molecule has 144 valence electrons. The zero-order valence-electron chi connectivity index (χ0n) is 14.3. The third-order valence-corrected chi connectivity index (χ3v) is 5.69. The molecule has 8 heteroatoms. The lowest BCUT2D eigenvalue weighted by atomic mass is 9.99. The van der Waals surface area contributed by atoms with E-state index in [1.807, 2.05) is 0 Å². The van der Waals surface area contributed by atoms with Crippen molar-refractivity contribution in [2.24, 2.45) is 0 Å². The number of hydrogen-bond donors (Lipinski definition) is 1. The summed E-state index contributed by atoms with van der Waals surface area (Å²) in [6.45, 7) is -0.820. The van der Waals surface area contributed by atoms with E-state index >= 15 is 0 Å². The number of carbonyl (C=O) groups is 1. The first-order valence-corrected chi connectivity index (χ1v) is 9.98. The highest BCUT2D eigenvalue weighted by Crippen LogP contribution is 2.31. The molecular formula is C20H14ClF2NO3S. The largest absolute Gasteiger partial charge is 0.292 e. The van der Waals surface area contributed by atoms with E-state index in [0.717, 1.165) is 6.07 Å². The standard InChI is InChI=1S/C20H14ClF2NO3S/c21-16-11-15(13-7-3-1-4-8-13)19(22)18(20(16)23)17(25)12-24-28(26,27)14-9-5-2-6-10-14/h1-11,24H,12H2. The molecule has 0 unspecified atom stereocenters. The maximum atomic E-state index is 14.9. The van der Waals surface area contributed by atoms with E-state index in [1.54, 1.807) is 36.4 Å². The Kier molecular flexibility index (Phi) is 5.88. The van der Waals surface area contributed by atoms with Crippen LogP contribution < -0.4 is 4.72 Å². The van der Waals surface area contributed by atoms with Crippen molar-refractivity contribution in [2.45, 2.75) is 4.90 Å². The molecule has 0 bridgehead atoms. The van der Waals surface area contributed by atoms with Gasteiger partial charge in [0.15, 0.2) is 11.6 Å². The average molecular weight is 422 g/mol. The van der Waals surface area contributed by atoms with Crippen LogP contribution in [0.5, 0.6) is 0 Å². The highest BCUT2D eigenvalue weighted by Gasteiger charge is 2.25. The van der Waals surface area contributed by atoms with Gasteiger partial charge in [-0.15, -0.1) is 0 Å². The van der Waals surface area contributed by atoms with Crippen LogP contribution in [-0.4, -0.2) is 20.7 Å². The third-order valence-electron chi connectivity index (χ3n) is 4.00. The van der Waals surface area contributed by atoms with Crippen molar-refractivity contribution in [3.05, 3.63) is 89.0 Å². The molecule has 3 aromatic rings. The number of Topliss-reactive ketones (excluding diaryl/α,β-unsaturated/α-hetero) is 1. The lowest BCUT2D eigenvalue weighted by Gasteiger charge is -2.12. The van der Waals surface area contributed by atoms with Gasteiger partial charge < -0.3 is 0 Å². The molecule has 0 spiro atoms. The fraction of sp³-hybridized carbons (Fsp3) is 0.0500. The molecule has 0 aromatic heterocycles. The molecule has 0 heterocycles. The van der Waals surface area contributed by atoms with Gasteiger partial charge in [-0.3, -0.25) is 4.79 Å². The van der Waals surface area contributed by atoms with Crippen LogP contribution in [0.25, 0.3) is 11.1 Å². The second kappa shape index (κ2) is 8.18. The minimum atomic E-state index is -4.01. The van der Waals surface area contributed by atoms with E-state index in [2.05, 4.69) is 4.72 Å². The van der Waals surface area contributed by atoms with E-state index in [1.165, 1.54) is 24.3 Å². The van der Waals surface area contributed by atoms with Crippen molar-refractivity contribution in [2.75, 3.05) is 6.54 Å². The Morgan fingerprint density at radius 1 is 0.929 bits per heavy atom. The molecule has 0 atom stereocenters. The molecule has 0 saturated heterocycles. The molecule has 1 N–H and O–H groups in total. The summed E-state index contributed by atoms with van der Waals surface area (Å²) in [4.78, 5) is 12.4. The lowest BCUT2D eigenvalue weighted by Crippen LogP contribution is -2.30. The van der Waals surface area contributed by atoms with Gasteiger partial charge in [0.2, 0.25) is 10.0 Å². The maximum Gasteiger partial charge on any atom is 0.240 e. The SMILES string of the molecule is O=C(CNS(=O)(=O)c1ccccc1)c1c(F)c(Cl)cc(-c2ccccc2)c1F. The minimum absolute atomic E-state index is 0.0544. The van der Waals surface area contributed by atoms with Crippen LogP contribution in [0, 0.1) is 11.6 Å². The van der Waals surface area contributed by atoms with Crippen molar-refractivity contribution in [1.29, 1.82) is 0 Å². The van der Waals surface area contributed by atoms with E-state index < -0.39 is 44.6 Å². The molecule has 28 heavy (non-hydrogen) atoms. The fourth-order valence-electron chi connectivity index (χ4n) is 2.61. The second-order valence-electron chi connectivity index (χ2n) is 5.84. The third kappa shape index (κ3) is 4.11. The van der Waals surface area contributed by atoms with Crippen molar-refractivity contribution in [3.63, 3.8) is 0 Å². The first-order chi connectivity index (χ1) is 13.3. The molecule has 3 aromatic carbocycles. The highest BCUT2D eigenvalue weighted by atomic mass is 35.5. The van der Waals surface area contributed by atoms with E-state index in [9.17, 15) is 22.0 Å². The van der Waals surface area contributed by atoms with Gasteiger partial charge in [0.1, 0.15) is 5.82 Å². The summed E-state index contributed by atoms with van der Waals surface area (Å²) in [6.07, 6.45) is 0. The number of halogens is 3. The molecule has 4 nitrogen and oxygen atoms in total. The van der Waals surface area contributed by atoms with Gasteiger partial charge in [-0.1, -0.05) is 60.1 Å². The number of benzene rings is 3. The summed E-state index contributed by atoms with van der Waals surface area (Å²) in [5.41, 5.74) is -0.538. The number of rotatable bonds is 6. The number of nitrogens with one attached hydrogen (secondary N) is 1. The van der Waals surface area contributed by atoms with Crippen LogP contribution in [-0.2, 0) is 10.0 Å². The Morgan fingerprint density at radius 3 is 2.11 bits per heavy atom. The van der Waals surface area contributed by atoms with Crippen LogP contribution in [0.1, 0.15) is 10.4 Å². The van der Waals surface area contributed by atoms with Gasteiger partial charge in [-0.05, 0) is 23.8 Å². The molecule has 0 radical (unpaired) electrons. The Hall–Kier alpha value is -2.61. The normalized spacial score (nSPS) is 11.4. The number of sulfonamides is 1. The Labute approximate surface area is 165 Å². The summed E-state index contributed by atoms with van der Waals surface area (Å²) in [5, 5.41) is -0.436. The van der Waals surface area contributed by atoms with Crippen LogP contribution in [0.15, 0.2) is 71.6 Å². The predicted molar refractivity (Wildman–Crippen MR) is 103 cm³/mol. The Balaban J connectivity index is 1.93. The summed E-state index contributed by atoms with van der Waals surface area (Å²) >= 11 is 5.84. The zero-order valence-corrected chi connectivity index (χ0v) is 15.9. The van der Waals surface area contributed by atoms with Gasteiger partial charge in [0, 0.05) is 5.56 Å². The smallest absolute Gasteiger partial charge is 0.240 e. The van der Waals surface area contributed by atoms with E-state index in [0.29, 0.717) is 5.56 Å². The molecule has 0 aliphatic rings. The fourth-order valence-corrected chi connectivity index (χ4v) is 3.82. The number of hydrogen-bond acceptors (Lipinski definition) is 3. The van der Waals surface area contributed by atoms with Crippen molar-refractivity contribution in [1.82, 2.24) is 4.72 Å². The van der Waals surface area contributed by atoms with Crippen LogP contribution in [0.4, 0.5) is 8.78 Å². The molecule has 0 fully saturated rings. The summed E-state index contributed by atoms with van der Waals surface area (Å²) in [5.74, 6) is -3.41. The van der Waals surface area contributed by atoms with Gasteiger partial charge in [-0.2, -0.15) is 0 Å². The maximum absolute atomic E-state index is 14.9. The summed E-state index contributed by atoms with van der Waals surface area (Å²) in [7, 11) is -4.01. The van der Waals surface area contributed by atoms with Crippen LogP contribution in [0.2, 0.25) is 5.02 Å². The second-order valence-corrected chi connectivity index (χ2v) is 8.01. The Morgan fingerprint density at radius 2 is 1.50 bits per heavy atom. The van der Waals surface area contributed by atoms with E-state index in [4.69, 9.17) is 11.6 Å². The molecule has 0 aliphatic heterocycles. The van der Waals surface area contributed by atoms with E-state index in [-0.39, 0.29) is 10.5 Å².